The van der Waals surface area contributed by atoms with Crippen LogP contribution in [0, 0.1) is 0 Å². The Morgan fingerprint density at radius 2 is 2.10 bits per heavy atom. The van der Waals surface area contributed by atoms with E-state index in [0.29, 0.717) is 18.7 Å². The molecule has 2 aromatic rings. The minimum atomic E-state index is 0.0984. The second-order valence-electron chi connectivity index (χ2n) is 4.28. The summed E-state index contributed by atoms with van der Waals surface area (Å²) in [6.45, 7) is 0.502. The zero-order valence-electron chi connectivity index (χ0n) is 11.0. The molecule has 0 aliphatic rings. The number of aromatic nitrogens is 1. The number of benzene rings is 1. The maximum atomic E-state index is 9.03. The third-order valence-electron chi connectivity index (χ3n) is 2.82. The van der Waals surface area contributed by atoms with Crippen LogP contribution in [0.3, 0.4) is 0 Å². The minimum Gasteiger partial charge on any atom is -0.489 e. The van der Waals surface area contributed by atoms with E-state index in [-0.39, 0.29) is 11.6 Å². The van der Waals surface area contributed by atoms with E-state index >= 15 is 0 Å². The van der Waals surface area contributed by atoms with Crippen LogP contribution in [-0.4, -0.2) is 21.7 Å². The van der Waals surface area contributed by atoms with Gasteiger partial charge in [0, 0.05) is 12.8 Å². The maximum Gasteiger partial charge on any atom is 0.123 e. The van der Waals surface area contributed by atoms with Crippen LogP contribution in [-0.2, 0) is 13.0 Å². The van der Waals surface area contributed by atoms with E-state index in [4.69, 9.17) is 27.8 Å². The Labute approximate surface area is 123 Å². The standard InChI is InChI=1S/C15H16N2O2S/c16-15(20)13-9-11(5-7-17-13)10-19-14-4-2-1-3-12(14)6-8-18/h1-5,7,9,18H,6,8,10H2,(H2,16,20). The van der Waals surface area contributed by atoms with Gasteiger partial charge < -0.3 is 15.6 Å². The number of pyridine rings is 1. The predicted octanol–water partition coefficient (Wildman–Crippen LogP) is 1.83. The number of para-hydroxylation sites is 1. The molecule has 0 unspecified atom stereocenters. The van der Waals surface area contributed by atoms with Crippen LogP contribution in [0.25, 0.3) is 0 Å². The number of aliphatic hydroxyl groups excluding tert-OH is 1. The van der Waals surface area contributed by atoms with E-state index in [2.05, 4.69) is 4.98 Å². The van der Waals surface area contributed by atoms with Crippen molar-refractivity contribution in [1.29, 1.82) is 0 Å². The Balaban J connectivity index is 2.09. The first-order valence-corrected chi connectivity index (χ1v) is 6.68. The SMILES string of the molecule is NC(=S)c1cc(COc2ccccc2CCO)ccn1. The molecule has 4 nitrogen and oxygen atoms in total. The van der Waals surface area contributed by atoms with Gasteiger partial charge in [-0.25, -0.2) is 0 Å². The van der Waals surface area contributed by atoms with Gasteiger partial charge >= 0.3 is 0 Å². The van der Waals surface area contributed by atoms with Crippen LogP contribution in [0.2, 0.25) is 0 Å². The van der Waals surface area contributed by atoms with E-state index in [1.54, 1.807) is 6.20 Å². The second kappa shape index (κ2) is 6.98. The Morgan fingerprint density at radius 1 is 1.30 bits per heavy atom. The van der Waals surface area contributed by atoms with Gasteiger partial charge in [0.25, 0.3) is 0 Å². The van der Waals surface area contributed by atoms with Crippen molar-refractivity contribution in [2.24, 2.45) is 5.73 Å². The zero-order chi connectivity index (χ0) is 14.4. The van der Waals surface area contributed by atoms with Crippen LogP contribution in [0.4, 0.5) is 0 Å². The lowest BCUT2D eigenvalue weighted by Crippen LogP contribution is -2.12. The predicted molar refractivity (Wildman–Crippen MR) is 81.7 cm³/mol. The fourth-order valence-corrected chi connectivity index (χ4v) is 1.94. The number of thiocarbonyl (C=S) groups is 1. The number of nitrogens with zero attached hydrogens (tertiary/aromatic N) is 1. The number of ether oxygens (including phenoxy) is 1. The third kappa shape index (κ3) is 3.76. The van der Waals surface area contributed by atoms with Crippen molar-refractivity contribution in [1.82, 2.24) is 4.98 Å². The molecular weight excluding hydrogens is 272 g/mol. The first-order chi connectivity index (χ1) is 9.70. The van der Waals surface area contributed by atoms with Crippen LogP contribution in [0.1, 0.15) is 16.8 Å². The van der Waals surface area contributed by atoms with E-state index in [9.17, 15) is 0 Å². The summed E-state index contributed by atoms with van der Waals surface area (Å²) in [7, 11) is 0. The van der Waals surface area contributed by atoms with Crippen molar-refractivity contribution >= 4 is 17.2 Å². The molecule has 3 N–H and O–H groups in total. The Morgan fingerprint density at radius 3 is 2.85 bits per heavy atom. The number of hydrogen-bond acceptors (Lipinski definition) is 4. The van der Waals surface area contributed by atoms with E-state index in [1.807, 2.05) is 36.4 Å². The normalized spacial score (nSPS) is 10.2. The van der Waals surface area contributed by atoms with Gasteiger partial charge in [0.2, 0.25) is 0 Å². The van der Waals surface area contributed by atoms with Crippen molar-refractivity contribution in [2.45, 2.75) is 13.0 Å². The average Bonchev–Trinajstić information content (AvgIpc) is 2.47. The summed E-state index contributed by atoms with van der Waals surface area (Å²) in [5, 5.41) is 9.03. The quantitative estimate of drug-likeness (QED) is 0.794. The molecule has 2 rings (SSSR count). The molecule has 0 fully saturated rings. The van der Waals surface area contributed by atoms with Gasteiger partial charge in [-0.2, -0.15) is 0 Å². The zero-order valence-corrected chi connectivity index (χ0v) is 11.8. The lowest BCUT2D eigenvalue weighted by Gasteiger charge is -2.11. The lowest BCUT2D eigenvalue weighted by atomic mass is 10.1. The highest BCUT2D eigenvalue weighted by Crippen LogP contribution is 2.19. The monoisotopic (exact) mass is 288 g/mol. The molecule has 20 heavy (non-hydrogen) atoms. The molecule has 0 aliphatic heterocycles. The largest absolute Gasteiger partial charge is 0.489 e. The number of nitrogens with two attached hydrogens (primary N) is 1. The number of rotatable bonds is 6. The molecule has 1 aromatic heterocycles. The van der Waals surface area contributed by atoms with Gasteiger partial charge in [-0.05, 0) is 35.7 Å². The van der Waals surface area contributed by atoms with Gasteiger partial charge in [0.05, 0.1) is 5.69 Å². The van der Waals surface area contributed by atoms with Crippen molar-refractivity contribution < 1.29 is 9.84 Å². The van der Waals surface area contributed by atoms with Gasteiger partial charge in [0.1, 0.15) is 17.3 Å². The van der Waals surface area contributed by atoms with E-state index in [0.717, 1.165) is 16.9 Å². The van der Waals surface area contributed by atoms with Gasteiger partial charge in [-0.15, -0.1) is 0 Å². The highest BCUT2D eigenvalue weighted by atomic mass is 32.1. The fourth-order valence-electron chi connectivity index (χ4n) is 1.83. The fraction of sp³-hybridized carbons (Fsp3) is 0.200. The van der Waals surface area contributed by atoms with Crippen molar-refractivity contribution in [3.05, 3.63) is 59.4 Å². The summed E-state index contributed by atoms with van der Waals surface area (Å²) in [6.07, 6.45) is 2.23. The lowest BCUT2D eigenvalue weighted by molar-refractivity contribution is 0.284. The molecule has 0 amide bonds. The Kier molecular flexibility index (Phi) is 5.03. The van der Waals surface area contributed by atoms with Crippen molar-refractivity contribution in [3.8, 4) is 5.75 Å². The minimum absolute atomic E-state index is 0.0984. The van der Waals surface area contributed by atoms with Crippen molar-refractivity contribution in [2.75, 3.05) is 6.61 Å². The first kappa shape index (κ1) is 14.4. The molecule has 5 heteroatoms. The number of aliphatic hydroxyl groups is 1. The molecule has 0 spiro atoms. The molecule has 1 heterocycles. The Bertz CT molecular complexity index is 602. The van der Waals surface area contributed by atoms with Gasteiger partial charge in [0.15, 0.2) is 0 Å². The summed E-state index contributed by atoms with van der Waals surface area (Å²) in [5.41, 5.74) is 8.07. The van der Waals surface area contributed by atoms with Crippen molar-refractivity contribution in [3.63, 3.8) is 0 Å². The van der Waals surface area contributed by atoms with Crippen LogP contribution in [0.15, 0.2) is 42.6 Å². The topological polar surface area (TPSA) is 68.4 Å². The highest BCUT2D eigenvalue weighted by Gasteiger charge is 2.04. The van der Waals surface area contributed by atoms with Crippen LogP contribution < -0.4 is 10.5 Å². The third-order valence-corrected chi connectivity index (χ3v) is 3.03. The summed E-state index contributed by atoms with van der Waals surface area (Å²) in [4.78, 5) is 4.36. The number of hydrogen-bond donors (Lipinski definition) is 2. The molecular formula is C15H16N2O2S. The molecule has 0 bridgehead atoms. The van der Waals surface area contributed by atoms with Crippen LogP contribution in [0.5, 0.6) is 5.75 Å². The first-order valence-electron chi connectivity index (χ1n) is 6.27. The molecule has 0 radical (unpaired) electrons. The second-order valence-corrected chi connectivity index (χ2v) is 4.72. The highest BCUT2D eigenvalue weighted by molar-refractivity contribution is 7.80. The molecule has 104 valence electrons. The summed E-state index contributed by atoms with van der Waals surface area (Å²) >= 11 is 4.90. The summed E-state index contributed by atoms with van der Waals surface area (Å²) in [6, 6.07) is 11.3. The molecule has 0 saturated heterocycles. The molecule has 1 aromatic carbocycles. The molecule has 0 saturated carbocycles. The van der Waals surface area contributed by atoms with Gasteiger partial charge in [-0.1, -0.05) is 30.4 Å². The molecule has 0 aliphatic carbocycles. The average molecular weight is 288 g/mol. The maximum absolute atomic E-state index is 9.03. The smallest absolute Gasteiger partial charge is 0.123 e. The summed E-state index contributed by atoms with van der Waals surface area (Å²) < 4.78 is 5.79. The van der Waals surface area contributed by atoms with E-state index in [1.165, 1.54) is 0 Å². The van der Waals surface area contributed by atoms with E-state index < -0.39 is 0 Å². The van der Waals surface area contributed by atoms with Crippen LogP contribution >= 0.6 is 12.2 Å². The molecule has 0 atom stereocenters. The Hall–Kier alpha value is -1.98. The summed E-state index contributed by atoms with van der Waals surface area (Å²) in [5.74, 6) is 0.773. The van der Waals surface area contributed by atoms with Gasteiger partial charge in [-0.3, -0.25) is 4.98 Å².